The number of rotatable bonds is 2. The standard InChI is InChI=1S/C10H18BNO2/c12-7-10(13)14-11-8-3-1-4-9(11)6-2-5-8/h8-9H,1-7,12H2. The highest BCUT2D eigenvalue weighted by Gasteiger charge is 2.43. The molecule has 2 rings (SSSR count). The number of fused-ring (bicyclic) bond motifs is 2. The van der Waals surface area contributed by atoms with Crippen molar-refractivity contribution in [3.63, 3.8) is 0 Å². The van der Waals surface area contributed by atoms with Crippen molar-refractivity contribution in [3.8, 4) is 0 Å². The molecule has 0 unspecified atom stereocenters. The van der Waals surface area contributed by atoms with Crippen LogP contribution in [0.15, 0.2) is 0 Å². The van der Waals surface area contributed by atoms with Gasteiger partial charge in [-0.3, -0.25) is 4.79 Å². The number of hydrogen-bond donors (Lipinski definition) is 1. The van der Waals surface area contributed by atoms with Gasteiger partial charge in [0.25, 0.3) is 0 Å². The SMILES string of the molecule is NCC(=O)OB1C2CCCC1CCC2. The Labute approximate surface area is 85.5 Å². The molecule has 0 spiro atoms. The second-order valence-corrected chi connectivity index (χ2v) is 4.54. The molecule has 2 N–H and O–H groups in total. The van der Waals surface area contributed by atoms with Gasteiger partial charge in [-0.25, -0.2) is 0 Å². The van der Waals surface area contributed by atoms with E-state index in [-0.39, 0.29) is 19.4 Å². The number of nitrogens with two attached hydrogens (primary N) is 1. The largest absolute Gasteiger partial charge is 0.535 e. The van der Waals surface area contributed by atoms with Crippen LogP contribution in [0, 0.1) is 0 Å². The fourth-order valence-electron chi connectivity index (χ4n) is 3.01. The van der Waals surface area contributed by atoms with Crippen LogP contribution in [-0.4, -0.2) is 19.4 Å². The molecule has 2 saturated heterocycles. The Balaban J connectivity index is 1.98. The second-order valence-electron chi connectivity index (χ2n) is 4.54. The molecular formula is C10H18BNO2. The van der Waals surface area contributed by atoms with Crippen molar-refractivity contribution in [2.24, 2.45) is 5.73 Å². The second kappa shape index (κ2) is 4.34. The summed E-state index contributed by atoms with van der Waals surface area (Å²) in [5, 5.41) is 0. The molecule has 2 heterocycles. The molecule has 0 atom stereocenters. The molecule has 2 aliphatic rings. The van der Waals surface area contributed by atoms with E-state index in [9.17, 15) is 4.79 Å². The van der Waals surface area contributed by atoms with Gasteiger partial charge in [0.1, 0.15) is 0 Å². The van der Waals surface area contributed by atoms with Gasteiger partial charge in [0.2, 0.25) is 0 Å². The highest BCUT2D eigenvalue weighted by molar-refractivity contribution is 6.57. The van der Waals surface area contributed by atoms with Crippen LogP contribution >= 0.6 is 0 Å². The maximum Gasteiger partial charge on any atom is 0.367 e. The summed E-state index contributed by atoms with van der Waals surface area (Å²) in [5.74, 6) is 1.02. The highest BCUT2D eigenvalue weighted by atomic mass is 16.5. The summed E-state index contributed by atoms with van der Waals surface area (Å²) in [6, 6.07) is 0. The Morgan fingerprint density at radius 1 is 1.21 bits per heavy atom. The Bertz CT molecular complexity index is 200. The van der Waals surface area contributed by atoms with Crippen molar-refractivity contribution in [2.75, 3.05) is 6.54 Å². The van der Waals surface area contributed by atoms with Gasteiger partial charge in [-0.1, -0.05) is 38.5 Å². The van der Waals surface area contributed by atoms with Crippen molar-refractivity contribution in [1.29, 1.82) is 0 Å². The Hall–Kier alpha value is -0.505. The number of hydrogen-bond acceptors (Lipinski definition) is 3. The van der Waals surface area contributed by atoms with Gasteiger partial charge in [-0.15, -0.1) is 0 Å². The lowest BCUT2D eigenvalue weighted by Crippen LogP contribution is -2.40. The van der Waals surface area contributed by atoms with Crippen LogP contribution in [-0.2, 0) is 9.45 Å². The highest BCUT2D eigenvalue weighted by Crippen LogP contribution is 2.46. The average molecular weight is 195 g/mol. The summed E-state index contributed by atoms with van der Waals surface area (Å²) in [5.41, 5.74) is 5.27. The first-order valence-corrected chi connectivity index (χ1v) is 5.71. The Kier molecular flexibility index (Phi) is 3.11. The molecule has 0 aromatic carbocycles. The topological polar surface area (TPSA) is 52.3 Å². The third-order valence-electron chi connectivity index (χ3n) is 3.66. The van der Waals surface area contributed by atoms with Gasteiger partial charge in [-0.2, -0.15) is 0 Å². The molecule has 14 heavy (non-hydrogen) atoms. The maximum absolute atomic E-state index is 11.2. The smallest absolute Gasteiger partial charge is 0.367 e. The van der Waals surface area contributed by atoms with E-state index in [4.69, 9.17) is 10.4 Å². The molecule has 0 amide bonds. The number of carbonyl (C=O) groups excluding carboxylic acids is 1. The summed E-state index contributed by atoms with van der Waals surface area (Å²) in [7, 11) is 0. The van der Waals surface area contributed by atoms with Crippen molar-refractivity contribution in [1.82, 2.24) is 0 Å². The zero-order valence-corrected chi connectivity index (χ0v) is 8.58. The van der Waals surface area contributed by atoms with Gasteiger partial charge in [-0.05, 0) is 11.6 Å². The molecule has 0 aromatic rings. The summed E-state index contributed by atoms with van der Waals surface area (Å²) in [6.07, 6.45) is 7.56. The molecule has 78 valence electrons. The Morgan fingerprint density at radius 2 is 1.71 bits per heavy atom. The van der Waals surface area contributed by atoms with Gasteiger partial charge in [0, 0.05) is 0 Å². The van der Waals surface area contributed by atoms with Crippen LogP contribution in [0.4, 0.5) is 0 Å². The lowest BCUT2D eigenvalue weighted by atomic mass is 9.38. The van der Waals surface area contributed by atoms with Crippen LogP contribution < -0.4 is 5.73 Å². The Morgan fingerprint density at radius 3 is 2.14 bits per heavy atom. The van der Waals surface area contributed by atoms with E-state index in [0.717, 1.165) is 0 Å². The predicted octanol–water partition coefficient (Wildman–Crippen LogP) is 1.59. The first-order chi connectivity index (χ1) is 6.81. The minimum absolute atomic E-state index is 0.0237. The van der Waals surface area contributed by atoms with Crippen molar-refractivity contribution < 1.29 is 9.45 Å². The first-order valence-electron chi connectivity index (χ1n) is 5.71. The fraction of sp³-hybridized carbons (Fsp3) is 0.900. The van der Waals surface area contributed by atoms with Crippen LogP contribution in [0.5, 0.6) is 0 Å². The van der Waals surface area contributed by atoms with Crippen molar-refractivity contribution in [2.45, 2.75) is 50.2 Å². The van der Waals surface area contributed by atoms with Gasteiger partial charge in [0.15, 0.2) is 0 Å². The predicted molar refractivity (Wildman–Crippen MR) is 56.1 cm³/mol. The van der Waals surface area contributed by atoms with Crippen LogP contribution in [0.3, 0.4) is 0 Å². The van der Waals surface area contributed by atoms with E-state index in [2.05, 4.69) is 0 Å². The number of carbonyl (C=O) groups is 1. The summed E-state index contributed by atoms with van der Waals surface area (Å²) in [6.45, 7) is 0.212. The summed E-state index contributed by atoms with van der Waals surface area (Å²) in [4.78, 5) is 11.2. The van der Waals surface area contributed by atoms with Crippen molar-refractivity contribution >= 4 is 12.9 Å². The quantitative estimate of drug-likeness (QED) is 0.680. The normalized spacial score (nSPS) is 31.4. The molecule has 0 saturated carbocycles. The maximum atomic E-state index is 11.2. The zero-order valence-electron chi connectivity index (χ0n) is 8.58. The minimum Gasteiger partial charge on any atom is -0.535 e. The molecule has 2 bridgehead atoms. The molecular weight excluding hydrogens is 177 g/mol. The van der Waals surface area contributed by atoms with Gasteiger partial charge in [0.05, 0.1) is 6.54 Å². The van der Waals surface area contributed by atoms with Crippen LogP contribution in [0.1, 0.15) is 38.5 Å². The van der Waals surface area contributed by atoms with Crippen LogP contribution in [0.2, 0.25) is 11.6 Å². The third kappa shape index (κ3) is 1.95. The molecule has 4 heteroatoms. The molecule has 3 nitrogen and oxygen atoms in total. The minimum atomic E-state index is -0.228. The first kappa shape index (κ1) is 10.0. The van der Waals surface area contributed by atoms with E-state index in [1.807, 2.05) is 0 Å². The van der Waals surface area contributed by atoms with Gasteiger partial charge >= 0.3 is 12.9 Å². The lowest BCUT2D eigenvalue weighted by Gasteiger charge is -2.38. The van der Waals surface area contributed by atoms with Crippen LogP contribution in [0.25, 0.3) is 0 Å². The summed E-state index contributed by atoms with van der Waals surface area (Å²) < 4.78 is 5.44. The molecule has 0 aliphatic carbocycles. The van der Waals surface area contributed by atoms with E-state index in [1.54, 1.807) is 0 Å². The van der Waals surface area contributed by atoms with E-state index in [0.29, 0.717) is 11.6 Å². The van der Waals surface area contributed by atoms with E-state index in [1.165, 1.54) is 38.5 Å². The fourth-order valence-corrected chi connectivity index (χ4v) is 3.01. The monoisotopic (exact) mass is 195 g/mol. The molecule has 0 aromatic heterocycles. The summed E-state index contributed by atoms with van der Waals surface area (Å²) >= 11 is 0. The average Bonchev–Trinajstić information content (AvgIpc) is 2.17. The molecule has 2 aliphatic heterocycles. The lowest BCUT2D eigenvalue weighted by molar-refractivity contribution is -0.133. The molecule has 2 fully saturated rings. The third-order valence-corrected chi connectivity index (χ3v) is 3.66. The van der Waals surface area contributed by atoms with E-state index >= 15 is 0 Å². The van der Waals surface area contributed by atoms with Crippen molar-refractivity contribution in [3.05, 3.63) is 0 Å². The van der Waals surface area contributed by atoms with E-state index < -0.39 is 0 Å². The molecule has 0 radical (unpaired) electrons. The zero-order chi connectivity index (χ0) is 9.97. The van der Waals surface area contributed by atoms with Gasteiger partial charge < -0.3 is 10.4 Å².